The Bertz CT molecular complexity index is 552. The molecule has 1 aromatic heterocycles. The van der Waals surface area contributed by atoms with Crippen molar-refractivity contribution in [3.8, 4) is 0 Å². The van der Waals surface area contributed by atoms with Gasteiger partial charge in [-0.2, -0.15) is 0 Å². The van der Waals surface area contributed by atoms with E-state index >= 15 is 0 Å². The highest BCUT2D eigenvalue weighted by molar-refractivity contribution is 7.92. The van der Waals surface area contributed by atoms with Gasteiger partial charge in [-0.25, -0.2) is 8.42 Å². The van der Waals surface area contributed by atoms with Crippen LogP contribution >= 0.6 is 0 Å². The molecule has 0 atom stereocenters. The smallest absolute Gasteiger partial charge is 0.155 e. The van der Waals surface area contributed by atoms with Gasteiger partial charge < -0.3 is 0 Å². The number of pyridine rings is 1. The minimum atomic E-state index is -2.98. The number of sulfone groups is 1. The highest BCUT2D eigenvalue weighted by Gasteiger charge is 2.33. The van der Waals surface area contributed by atoms with Crippen LogP contribution < -0.4 is 0 Å². The van der Waals surface area contributed by atoms with Crippen molar-refractivity contribution in [2.45, 2.75) is 64.0 Å². The van der Waals surface area contributed by atoms with Gasteiger partial charge in [0.05, 0.1) is 10.5 Å². The van der Waals surface area contributed by atoms with Crippen molar-refractivity contribution in [2.75, 3.05) is 5.75 Å². The predicted octanol–water partition coefficient (Wildman–Crippen LogP) is 4.03. The van der Waals surface area contributed by atoms with Crippen molar-refractivity contribution in [2.24, 2.45) is 11.8 Å². The van der Waals surface area contributed by atoms with Gasteiger partial charge in [0.1, 0.15) is 0 Å². The van der Waals surface area contributed by atoms with Crippen molar-refractivity contribution in [1.82, 2.24) is 4.98 Å². The molecule has 0 radical (unpaired) electrons. The normalized spacial score (nSPS) is 23.4. The molecule has 1 aliphatic carbocycles. The Morgan fingerprint density at radius 1 is 1.09 bits per heavy atom. The number of aryl methyl sites for hydroxylation is 1. The van der Waals surface area contributed by atoms with Gasteiger partial charge in [-0.05, 0) is 70.4 Å². The lowest BCUT2D eigenvalue weighted by Gasteiger charge is -2.30. The first-order valence-corrected chi connectivity index (χ1v) is 10.1. The fourth-order valence-electron chi connectivity index (χ4n) is 3.15. The van der Waals surface area contributed by atoms with Gasteiger partial charge in [0.2, 0.25) is 0 Å². The molecule has 1 heterocycles. The zero-order chi connectivity index (χ0) is 16.2. The van der Waals surface area contributed by atoms with Crippen LogP contribution in [0.1, 0.15) is 58.6 Å². The zero-order valence-electron chi connectivity index (χ0n) is 14.1. The second kappa shape index (κ2) is 7.12. The van der Waals surface area contributed by atoms with Crippen LogP contribution in [0.4, 0.5) is 0 Å². The molecule has 124 valence electrons. The van der Waals surface area contributed by atoms with E-state index in [2.05, 4.69) is 11.1 Å². The number of hydrogen-bond donors (Lipinski definition) is 0. The number of aromatic nitrogens is 1. The topological polar surface area (TPSA) is 47.0 Å². The Hall–Kier alpha value is -0.900. The summed E-state index contributed by atoms with van der Waals surface area (Å²) in [4.78, 5) is 4.37. The molecular weight excluding hydrogens is 294 g/mol. The molecule has 0 aromatic carbocycles. The van der Waals surface area contributed by atoms with Crippen molar-refractivity contribution in [3.63, 3.8) is 0 Å². The predicted molar refractivity (Wildman–Crippen MR) is 91.5 cm³/mol. The standard InChI is InChI=1S/C18H29NO2S/c1-18(2,3)22(20,21)14-16-9-7-15(8-10-16)11-12-17-6-4-5-13-19-17/h4-6,13,15-16H,7-12,14H2,1-3H3. The molecule has 0 bridgehead atoms. The summed E-state index contributed by atoms with van der Waals surface area (Å²) in [5.41, 5.74) is 1.17. The zero-order valence-corrected chi connectivity index (χ0v) is 14.9. The lowest BCUT2D eigenvalue weighted by molar-refractivity contribution is 0.277. The van der Waals surface area contributed by atoms with E-state index in [0.29, 0.717) is 11.7 Å². The Labute approximate surface area is 135 Å². The Morgan fingerprint density at radius 3 is 2.27 bits per heavy atom. The first kappa shape index (κ1) is 17.5. The summed E-state index contributed by atoms with van der Waals surface area (Å²) in [6.07, 6.45) is 8.51. The Morgan fingerprint density at radius 2 is 1.73 bits per heavy atom. The summed E-state index contributed by atoms with van der Waals surface area (Å²) in [7, 11) is -2.98. The monoisotopic (exact) mass is 323 g/mol. The van der Waals surface area contributed by atoms with Gasteiger partial charge in [-0.15, -0.1) is 0 Å². The Kier molecular flexibility index (Phi) is 5.65. The van der Waals surface area contributed by atoms with E-state index in [0.717, 1.165) is 38.0 Å². The van der Waals surface area contributed by atoms with E-state index in [1.54, 1.807) is 20.8 Å². The lowest BCUT2D eigenvalue weighted by atomic mass is 9.80. The second-order valence-corrected chi connectivity index (χ2v) is 10.4. The summed E-state index contributed by atoms with van der Waals surface area (Å²) >= 11 is 0. The molecule has 1 fully saturated rings. The molecule has 1 saturated carbocycles. The molecular formula is C18H29NO2S. The van der Waals surface area contributed by atoms with Gasteiger partial charge in [0.25, 0.3) is 0 Å². The highest BCUT2D eigenvalue weighted by Crippen LogP contribution is 2.33. The van der Waals surface area contributed by atoms with Gasteiger partial charge in [-0.1, -0.05) is 18.9 Å². The molecule has 2 rings (SSSR count). The maximum absolute atomic E-state index is 12.3. The number of nitrogens with zero attached hydrogens (tertiary/aromatic N) is 1. The minimum Gasteiger partial charge on any atom is -0.261 e. The molecule has 4 heteroatoms. The van der Waals surface area contributed by atoms with Crippen molar-refractivity contribution in [1.29, 1.82) is 0 Å². The van der Waals surface area contributed by atoms with E-state index in [-0.39, 0.29) is 0 Å². The highest BCUT2D eigenvalue weighted by atomic mass is 32.2. The maximum Gasteiger partial charge on any atom is 0.155 e. The first-order valence-electron chi connectivity index (χ1n) is 8.40. The molecule has 0 saturated heterocycles. The molecule has 0 N–H and O–H groups in total. The third kappa shape index (κ3) is 4.80. The van der Waals surface area contributed by atoms with Crippen LogP contribution in [0.3, 0.4) is 0 Å². The molecule has 1 aromatic rings. The van der Waals surface area contributed by atoms with Crippen molar-refractivity contribution in [3.05, 3.63) is 30.1 Å². The Balaban J connectivity index is 1.76. The fourth-order valence-corrected chi connectivity index (χ4v) is 4.60. The number of rotatable bonds is 5. The van der Waals surface area contributed by atoms with E-state index in [4.69, 9.17) is 0 Å². The van der Waals surface area contributed by atoms with Gasteiger partial charge in [0, 0.05) is 11.9 Å². The van der Waals surface area contributed by atoms with Crippen LogP contribution in [0.25, 0.3) is 0 Å². The summed E-state index contributed by atoms with van der Waals surface area (Å²) < 4.78 is 24.0. The van der Waals surface area contributed by atoms with Crippen LogP contribution in [0.5, 0.6) is 0 Å². The van der Waals surface area contributed by atoms with Crippen LogP contribution in [0.15, 0.2) is 24.4 Å². The third-order valence-corrected chi connectivity index (χ3v) is 7.67. The molecule has 1 aliphatic rings. The first-order chi connectivity index (χ1) is 10.3. The molecule has 22 heavy (non-hydrogen) atoms. The quantitative estimate of drug-likeness (QED) is 0.822. The molecule has 0 amide bonds. The van der Waals surface area contributed by atoms with Crippen LogP contribution in [-0.4, -0.2) is 23.9 Å². The lowest BCUT2D eigenvalue weighted by Crippen LogP contribution is -2.34. The third-order valence-electron chi connectivity index (χ3n) is 4.89. The van der Waals surface area contributed by atoms with Crippen molar-refractivity contribution >= 4 is 9.84 Å². The fraction of sp³-hybridized carbons (Fsp3) is 0.722. The summed E-state index contributed by atoms with van der Waals surface area (Å²) in [5, 5.41) is 0. The van der Waals surface area contributed by atoms with Gasteiger partial charge in [-0.3, -0.25) is 4.98 Å². The van der Waals surface area contributed by atoms with E-state index in [1.807, 2.05) is 18.3 Å². The van der Waals surface area contributed by atoms with E-state index in [1.165, 1.54) is 12.1 Å². The van der Waals surface area contributed by atoms with Crippen molar-refractivity contribution < 1.29 is 8.42 Å². The molecule has 0 spiro atoms. The largest absolute Gasteiger partial charge is 0.261 e. The summed E-state index contributed by atoms with van der Waals surface area (Å²) in [6.45, 7) is 5.42. The molecule has 3 nitrogen and oxygen atoms in total. The number of hydrogen-bond acceptors (Lipinski definition) is 3. The second-order valence-electron chi connectivity index (χ2n) is 7.64. The van der Waals surface area contributed by atoms with Gasteiger partial charge >= 0.3 is 0 Å². The van der Waals surface area contributed by atoms with Crippen LogP contribution in [-0.2, 0) is 16.3 Å². The average molecular weight is 324 g/mol. The van der Waals surface area contributed by atoms with Crippen LogP contribution in [0.2, 0.25) is 0 Å². The molecule has 0 aliphatic heterocycles. The van der Waals surface area contributed by atoms with E-state index in [9.17, 15) is 8.42 Å². The average Bonchev–Trinajstić information content (AvgIpc) is 2.46. The van der Waals surface area contributed by atoms with E-state index < -0.39 is 14.6 Å². The maximum atomic E-state index is 12.3. The molecule has 0 unspecified atom stereocenters. The van der Waals surface area contributed by atoms with Gasteiger partial charge in [0.15, 0.2) is 9.84 Å². The summed E-state index contributed by atoms with van der Waals surface area (Å²) in [5.74, 6) is 1.45. The SMILES string of the molecule is CC(C)(C)S(=O)(=O)CC1CCC(CCc2ccccn2)CC1. The summed E-state index contributed by atoms with van der Waals surface area (Å²) in [6, 6.07) is 6.07. The van der Waals surface area contributed by atoms with Crippen LogP contribution in [0, 0.1) is 11.8 Å². The minimum absolute atomic E-state index is 0.357.